The van der Waals surface area contributed by atoms with E-state index in [-0.39, 0.29) is 0 Å². The maximum Gasteiger partial charge on any atom is 0.167 e. The minimum atomic E-state index is 0.777. The Kier molecular flexibility index (Phi) is 4.70. The summed E-state index contributed by atoms with van der Waals surface area (Å²) in [5, 5.41) is 5.34. The van der Waals surface area contributed by atoms with Gasteiger partial charge in [-0.2, -0.15) is 0 Å². The van der Waals surface area contributed by atoms with Crippen molar-refractivity contribution in [1.82, 2.24) is 14.7 Å². The molecule has 0 amide bonds. The molecule has 0 bridgehead atoms. The Morgan fingerprint density at radius 2 is 1.42 bits per heavy atom. The molecule has 6 rings (SSSR count). The Hall–Kier alpha value is -4.64. The Labute approximate surface area is 191 Å². The fraction of sp³-hybridized carbons (Fsp3) is 0. The van der Waals surface area contributed by atoms with Crippen molar-refractivity contribution in [2.75, 3.05) is 4.90 Å². The molecule has 0 unspecified atom stereocenters. The molecule has 5 nitrogen and oxygen atoms in total. The second kappa shape index (κ2) is 8.13. The SMILES string of the molecule is c1ccc(N(c2cccc(-c3noc4ccccc34)c2)c2cccc(-n3cccc3)n2)cc1. The maximum atomic E-state index is 5.55. The first-order valence-corrected chi connectivity index (χ1v) is 10.8. The van der Waals surface area contributed by atoms with E-state index >= 15 is 0 Å². The van der Waals surface area contributed by atoms with E-state index in [1.54, 1.807) is 0 Å². The fourth-order valence-electron chi connectivity index (χ4n) is 4.04. The predicted molar refractivity (Wildman–Crippen MR) is 131 cm³/mol. The van der Waals surface area contributed by atoms with Gasteiger partial charge in [0.15, 0.2) is 5.58 Å². The number of pyridine rings is 1. The van der Waals surface area contributed by atoms with Gasteiger partial charge in [-0.05, 0) is 60.7 Å². The molecule has 33 heavy (non-hydrogen) atoms. The van der Waals surface area contributed by atoms with Crippen LogP contribution in [-0.4, -0.2) is 14.7 Å². The van der Waals surface area contributed by atoms with E-state index in [2.05, 4.69) is 40.4 Å². The number of fused-ring (bicyclic) bond motifs is 1. The Morgan fingerprint density at radius 3 is 2.30 bits per heavy atom. The fourth-order valence-corrected chi connectivity index (χ4v) is 4.04. The summed E-state index contributed by atoms with van der Waals surface area (Å²) in [7, 11) is 0. The molecule has 0 atom stereocenters. The zero-order valence-corrected chi connectivity index (χ0v) is 17.7. The van der Waals surface area contributed by atoms with Crippen molar-refractivity contribution in [1.29, 1.82) is 0 Å². The lowest BCUT2D eigenvalue weighted by molar-refractivity contribution is 0.459. The topological polar surface area (TPSA) is 47.1 Å². The van der Waals surface area contributed by atoms with Crippen LogP contribution in [0.3, 0.4) is 0 Å². The van der Waals surface area contributed by atoms with E-state index in [1.807, 2.05) is 95.8 Å². The smallest absolute Gasteiger partial charge is 0.167 e. The molecule has 0 aliphatic heterocycles. The van der Waals surface area contributed by atoms with Gasteiger partial charge in [0.05, 0.1) is 0 Å². The van der Waals surface area contributed by atoms with Crippen LogP contribution in [0.4, 0.5) is 17.2 Å². The Bertz CT molecular complexity index is 1520. The van der Waals surface area contributed by atoms with Crippen LogP contribution in [0.1, 0.15) is 0 Å². The zero-order chi connectivity index (χ0) is 22.0. The molecule has 3 aromatic heterocycles. The van der Waals surface area contributed by atoms with Gasteiger partial charge in [-0.25, -0.2) is 4.98 Å². The number of hydrogen-bond donors (Lipinski definition) is 0. The average molecular weight is 428 g/mol. The first-order valence-electron chi connectivity index (χ1n) is 10.8. The van der Waals surface area contributed by atoms with Gasteiger partial charge in [-0.15, -0.1) is 0 Å². The maximum absolute atomic E-state index is 5.55. The van der Waals surface area contributed by atoms with Gasteiger partial charge in [0.1, 0.15) is 17.3 Å². The largest absolute Gasteiger partial charge is 0.356 e. The summed E-state index contributed by atoms with van der Waals surface area (Å²) in [5.41, 5.74) is 4.60. The monoisotopic (exact) mass is 428 g/mol. The van der Waals surface area contributed by atoms with Crippen LogP contribution in [0, 0.1) is 0 Å². The first kappa shape index (κ1) is 19.1. The highest BCUT2D eigenvalue weighted by Gasteiger charge is 2.17. The summed E-state index contributed by atoms with van der Waals surface area (Å²) in [4.78, 5) is 7.12. The van der Waals surface area contributed by atoms with Crippen molar-refractivity contribution in [3.63, 3.8) is 0 Å². The summed E-state index contributed by atoms with van der Waals surface area (Å²) in [6, 6.07) is 36.5. The summed E-state index contributed by atoms with van der Waals surface area (Å²) >= 11 is 0. The third-order valence-electron chi connectivity index (χ3n) is 5.59. The van der Waals surface area contributed by atoms with Crippen molar-refractivity contribution in [2.24, 2.45) is 0 Å². The number of nitrogens with zero attached hydrogens (tertiary/aromatic N) is 4. The van der Waals surface area contributed by atoms with Crippen molar-refractivity contribution in [3.8, 4) is 17.1 Å². The molecule has 158 valence electrons. The molecule has 0 fully saturated rings. The van der Waals surface area contributed by atoms with Gasteiger partial charge < -0.3 is 9.09 Å². The van der Waals surface area contributed by atoms with Crippen LogP contribution in [-0.2, 0) is 0 Å². The van der Waals surface area contributed by atoms with Crippen LogP contribution in [0.15, 0.2) is 126 Å². The summed E-state index contributed by atoms with van der Waals surface area (Å²) in [6.45, 7) is 0. The number of benzene rings is 3. The summed E-state index contributed by atoms with van der Waals surface area (Å²) in [6.07, 6.45) is 3.99. The van der Waals surface area contributed by atoms with Crippen molar-refractivity contribution >= 4 is 28.2 Å². The summed E-state index contributed by atoms with van der Waals surface area (Å²) < 4.78 is 7.56. The quantitative estimate of drug-likeness (QED) is 0.292. The second-order valence-corrected chi connectivity index (χ2v) is 7.69. The molecule has 6 aromatic rings. The lowest BCUT2D eigenvalue weighted by Gasteiger charge is -2.25. The normalized spacial score (nSPS) is 11.0. The zero-order valence-electron chi connectivity index (χ0n) is 17.7. The molecule has 0 aliphatic carbocycles. The third-order valence-corrected chi connectivity index (χ3v) is 5.59. The van der Waals surface area contributed by atoms with E-state index < -0.39 is 0 Å². The van der Waals surface area contributed by atoms with Gasteiger partial charge in [0, 0.05) is 34.7 Å². The molecule has 0 spiro atoms. The van der Waals surface area contributed by atoms with E-state index in [1.165, 1.54) is 0 Å². The van der Waals surface area contributed by atoms with Gasteiger partial charge in [0.25, 0.3) is 0 Å². The summed E-state index contributed by atoms with van der Waals surface area (Å²) in [5.74, 6) is 1.69. The molecular weight excluding hydrogens is 408 g/mol. The standard InChI is InChI=1S/C28H20N4O/c1-2-11-22(12-3-1)32(27-17-9-16-26(29-27)31-18-6-7-19-31)23-13-8-10-21(20-23)28-24-14-4-5-15-25(24)33-30-28/h1-20H. The molecule has 5 heteroatoms. The minimum absolute atomic E-state index is 0.777. The molecule has 0 radical (unpaired) electrons. The van der Waals surface area contributed by atoms with Crippen LogP contribution in [0.25, 0.3) is 28.0 Å². The molecule has 3 aromatic carbocycles. The van der Waals surface area contributed by atoms with Gasteiger partial charge >= 0.3 is 0 Å². The molecule has 0 aliphatic rings. The van der Waals surface area contributed by atoms with E-state index in [0.717, 1.165) is 45.2 Å². The van der Waals surface area contributed by atoms with Crippen molar-refractivity contribution in [3.05, 3.63) is 122 Å². The van der Waals surface area contributed by atoms with E-state index in [4.69, 9.17) is 9.51 Å². The lowest BCUT2D eigenvalue weighted by Crippen LogP contribution is -2.12. The van der Waals surface area contributed by atoms with Crippen LogP contribution in [0.5, 0.6) is 0 Å². The van der Waals surface area contributed by atoms with Crippen molar-refractivity contribution in [2.45, 2.75) is 0 Å². The Morgan fingerprint density at radius 1 is 0.667 bits per heavy atom. The van der Waals surface area contributed by atoms with E-state index in [0.29, 0.717) is 0 Å². The molecule has 0 saturated carbocycles. The first-order chi connectivity index (χ1) is 16.4. The number of hydrogen-bond acceptors (Lipinski definition) is 4. The number of aromatic nitrogens is 3. The third kappa shape index (κ3) is 3.55. The van der Waals surface area contributed by atoms with Gasteiger partial charge in [-0.1, -0.05) is 53.7 Å². The van der Waals surface area contributed by atoms with Crippen LogP contribution >= 0.6 is 0 Å². The van der Waals surface area contributed by atoms with Crippen LogP contribution < -0.4 is 4.90 Å². The molecule has 3 heterocycles. The van der Waals surface area contributed by atoms with Gasteiger partial charge in [0.2, 0.25) is 0 Å². The highest BCUT2D eigenvalue weighted by molar-refractivity contribution is 5.92. The number of anilines is 3. The highest BCUT2D eigenvalue weighted by Crippen LogP contribution is 2.36. The predicted octanol–water partition coefficient (Wildman–Crippen LogP) is 7.15. The minimum Gasteiger partial charge on any atom is -0.356 e. The van der Waals surface area contributed by atoms with Crippen molar-refractivity contribution < 1.29 is 4.52 Å². The van der Waals surface area contributed by atoms with Crippen LogP contribution in [0.2, 0.25) is 0 Å². The Balaban J connectivity index is 1.50. The molecular formula is C28H20N4O. The second-order valence-electron chi connectivity index (χ2n) is 7.69. The highest BCUT2D eigenvalue weighted by atomic mass is 16.5. The van der Waals surface area contributed by atoms with Gasteiger partial charge in [-0.3, -0.25) is 4.90 Å². The average Bonchev–Trinajstić information content (AvgIpc) is 3.56. The lowest BCUT2D eigenvalue weighted by atomic mass is 10.1. The molecule has 0 N–H and O–H groups in total. The molecule has 0 saturated heterocycles. The van der Waals surface area contributed by atoms with E-state index in [9.17, 15) is 0 Å². The number of para-hydroxylation sites is 2. The number of rotatable bonds is 5.